The zero-order chi connectivity index (χ0) is 8.55. The standard InChI is InChI=1S/C6H5N5O/c7-5-3-4(9-1-10-5)6(12)11-2-8-3/h1-2H,(H2,7,9,10)(H,8,11,12). The third kappa shape index (κ3) is 0.815. The highest BCUT2D eigenvalue weighted by molar-refractivity contribution is 5.82. The van der Waals surface area contributed by atoms with Crippen LogP contribution in [0, 0.1) is 0 Å². The van der Waals surface area contributed by atoms with Gasteiger partial charge in [0.15, 0.2) is 11.3 Å². The maximum Gasteiger partial charge on any atom is 0.277 e. The number of nitrogens with one attached hydrogen (secondary N) is 1. The number of fused-ring (bicyclic) bond motifs is 1. The first-order valence-corrected chi connectivity index (χ1v) is 3.23. The second-order valence-electron chi connectivity index (χ2n) is 2.19. The Bertz CT molecular complexity index is 477. The van der Waals surface area contributed by atoms with Crippen molar-refractivity contribution in [2.45, 2.75) is 0 Å². The monoisotopic (exact) mass is 163 g/mol. The molecule has 0 unspecified atom stereocenters. The number of nitrogens with zero attached hydrogens (tertiary/aromatic N) is 3. The van der Waals surface area contributed by atoms with Gasteiger partial charge in [-0.05, 0) is 0 Å². The first kappa shape index (κ1) is 6.71. The van der Waals surface area contributed by atoms with E-state index in [1.54, 1.807) is 0 Å². The van der Waals surface area contributed by atoms with Crippen LogP contribution in [0.2, 0.25) is 0 Å². The van der Waals surface area contributed by atoms with Crippen LogP contribution in [-0.2, 0) is 0 Å². The van der Waals surface area contributed by atoms with Crippen LogP contribution >= 0.6 is 0 Å². The van der Waals surface area contributed by atoms with E-state index in [9.17, 15) is 4.79 Å². The van der Waals surface area contributed by atoms with Crippen LogP contribution in [0.5, 0.6) is 0 Å². The van der Waals surface area contributed by atoms with Crippen LogP contribution < -0.4 is 11.3 Å². The fourth-order valence-corrected chi connectivity index (χ4v) is 0.910. The largest absolute Gasteiger partial charge is 0.382 e. The molecule has 2 heterocycles. The molecule has 0 fully saturated rings. The second-order valence-corrected chi connectivity index (χ2v) is 2.19. The molecule has 3 N–H and O–H groups in total. The topological polar surface area (TPSA) is 97.5 Å². The number of nitrogens with two attached hydrogens (primary N) is 1. The van der Waals surface area contributed by atoms with Crippen molar-refractivity contribution in [1.82, 2.24) is 19.9 Å². The van der Waals surface area contributed by atoms with Crippen molar-refractivity contribution in [1.29, 1.82) is 0 Å². The number of aromatic nitrogens is 4. The number of hydrogen-bond donors (Lipinski definition) is 2. The van der Waals surface area contributed by atoms with Gasteiger partial charge in [0, 0.05) is 0 Å². The molecule has 0 spiro atoms. The van der Waals surface area contributed by atoms with E-state index in [4.69, 9.17) is 5.73 Å². The van der Waals surface area contributed by atoms with Crippen molar-refractivity contribution >= 4 is 16.9 Å². The van der Waals surface area contributed by atoms with E-state index in [1.165, 1.54) is 12.7 Å². The average Bonchev–Trinajstić information content (AvgIpc) is 2.07. The summed E-state index contributed by atoms with van der Waals surface area (Å²) in [5.41, 5.74) is 5.70. The Morgan fingerprint density at radius 3 is 2.83 bits per heavy atom. The molecule has 0 aromatic carbocycles. The summed E-state index contributed by atoms with van der Waals surface area (Å²) in [6, 6.07) is 0. The molecule has 0 aliphatic carbocycles. The van der Waals surface area contributed by atoms with Gasteiger partial charge in [-0.15, -0.1) is 0 Å². The van der Waals surface area contributed by atoms with Gasteiger partial charge in [0.25, 0.3) is 5.56 Å². The Labute approximate surface area is 66.5 Å². The Morgan fingerprint density at radius 2 is 2.08 bits per heavy atom. The smallest absolute Gasteiger partial charge is 0.277 e. The number of hydrogen-bond acceptors (Lipinski definition) is 5. The van der Waals surface area contributed by atoms with Crippen molar-refractivity contribution in [2.75, 3.05) is 5.73 Å². The van der Waals surface area contributed by atoms with Gasteiger partial charge in [-0.2, -0.15) is 0 Å². The fourth-order valence-electron chi connectivity index (χ4n) is 0.910. The SMILES string of the molecule is Nc1ncnc2c(=O)[nH]cnc12. The van der Waals surface area contributed by atoms with E-state index in [-0.39, 0.29) is 16.9 Å². The minimum absolute atomic E-state index is 0.213. The van der Waals surface area contributed by atoms with Crippen LogP contribution in [-0.4, -0.2) is 19.9 Å². The van der Waals surface area contributed by atoms with Crippen molar-refractivity contribution < 1.29 is 0 Å². The lowest BCUT2D eigenvalue weighted by molar-refractivity contribution is 1.12. The highest BCUT2D eigenvalue weighted by atomic mass is 16.1. The summed E-state index contributed by atoms with van der Waals surface area (Å²) in [7, 11) is 0. The minimum atomic E-state index is -0.311. The van der Waals surface area contributed by atoms with Crippen molar-refractivity contribution in [2.24, 2.45) is 0 Å². The molecule has 0 aliphatic rings. The first-order chi connectivity index (χ1) is 5.79. The molecular weight excluding hydrogens is 158 g/mol. The molecule has 0 aliphatic heterocycles. The zero-order valence-electron chi connectivity index (χ0n) is 5.98. The quantitative estimate of drug-likeness (QED) is 0.535. The summed E-state index contributed by atoms with van der Waals surface area (Å²) in [6.45, 7) is 0. The molecule has 0 saturated carbocycles. The van der Waals surface area contributed by atoms with Crippen LogP contribution in [0.4, 0.5) is 5.82 Å². The summed E-state index contributed by atoms with van der Waals surface area (Å²) in [5, 5.41) is 0. The number of H-pyrrole nitrogens is 1. The summed E-state index contributed by atoms with van der Waals surface area (Å²) in [5.74, 6) is 0.214. The fraction of sp³-hybridized carbons (Fsp3) is 0. The molecule has 0 amide bonds. The number of rotatable bonds is 0. The maximum atomic E-state index is 11.1. The van der Waals surface area contributed by atoms with Crippen LogP contribution in [0.25, 0.3) is 11.0 Å². The van der Waals surface area contributed by atoms with Crippen LogP contribution in [0.3, 0.4) is 0 Å². The molecule has 0 bridgehead atoms. The summed E-state index contributed by atoms with van der Waals surface area (Å²) in [4.78, 5) is 24.8. The van der Waals surface area contributed by atoms with Crippen molar-refractivity contribution in [3.8, 4) is 0 Å². The molecule has 0 radical (unpaired) electrons. The normalized spacial score (nSPS) is 10.3. The lowest BCUT2D eigenvalue weighted by Gasteiger charge is -1.95. The van der Waals surface area contributed by atoms with Gasteiger partial charge in [-0.1, -0.05) is 0 Å². The molecule has 12 heavy (non-hydrogen) atoms. The number of aromatic amines is 1. The molecular formula is C6H5N5O. The molecule has 2 rings (SSSR count). The average molecular weight is 163 g/mol. The van der Waals surface area contributed by atoms with E-state index < -0.39 is 0 Å². The lowest BCUT2D eigenvalue weighted by atomic mass is 10.4. The Morgan fingerprint density at radius 1 is 1.25 bits per heavy atom. The molecule has 0 saturated heterocycles. The predicted molar refractivity (Wildman–Crippen MR) is 42.4 cm³/mol. The molecule has 2 aromatic heterocycles. The lowest BCUT2D eigenvalue weighted by Crippen LogP contribution is -2.09. The van der Waals surface area contributed by atoms with Crippen molar-refractivity contribution in [3.05, 3.63) is 23.0 Å². The number of anilines is 1. The van der Waals surface area contributed by atoms with Crippen molar-refractivity contribution in [3.63, 3.8) is 0 Å². The molecule has 6 heteroatoms. The van der Waals surface area contributed by atoms with E-state index in [0.29, 0.717) is 5.52 Å². The highest BCUT2D eigenvalue weighted by Crippen LogP contribution is 2.06. The second kappa shape index (κ2) is 2.26. The van der Waals surface area contributed by atoms with E-state index >= 15 is 0 Å². The summed E-state index contributed by atoms with van der Waals surface area (Å²) in [6.07, 6.45) is 2.50. The van der Waals surface area contributed by atoms with Gasteiger partial charge in [0.05, 0.1) is 6.33 Å². The summed E-state index contributed by atoms with van der Waals surface area (Å²) < 4.78 is 0. The highest BCUT2D eigenvalue weighted by Gasteiger charge is 2.03. The molecule has 2 aromatic rings. The first-order valence-electron chi connectivity index (χ1n) is 3.23. The van der Waals surface area contributed by atoms with Gasteiger partial charge in [-0.25, -0.2) is 15.0 Å². The minimum Gasteiger partial charge on any atom is -0.382 e. The molecule has 6 nitrogen and oxygen atoms in total. The third-order valence-electron chi connectivity index (χ3n) is 1.45. The zero-order valence-corrected chi connectivity index (χ0v) is 5.98. The van der Waals surface area contributed by atoms with Gasteiger partial charge in [-0.3, -0.25) is 4.79 Å². The maximum absolute atomic E-state index is 11.1. The Kier molecular flexibility index (Phi) is 1.26. The van der Waals surface area contributed by atoms with E-state index in [0.717, 1.165) is 0 Å². The predicted octanol–water partition coefficient (Wildman–Crippen LogP) is -0.705. The van der Waals surface area contributed by atoms with Crippen LogP contribution in [0.1, 0.15) is 0 Å². The van der Waals surface area contributed by atoms with Gasteiger partial charge in [0.2, 0.25) is 0 Å². The molecule has 60 valence electrons. The van der Waals surface area contributed by atoms with E-state index in [2.05, 4.69) is 19.9 Å². The summed E-state index contributed by atoms with van der Waals surface area (Å²) >= 11 is 0. The van der Waals surface area contributed by atoms with E-state index in [1.807, 2.05) is 0 Å². The Balaban J connectivity index is 3.05. The van der Waals surface area contributed by atoms with Gasteiger partial charge >= 0.3 is 0 Å². The molecule has 0 atom stereocenters. The van der Waals surface area contributed by atoms with Gasteiger partial charge in [0.1, 0.15) is 11.8 Å². The Hall–Kier alpha value is -1.98. The van der Waals surface area contributed by atoms with Gasteiger partial charge < -0.3 is 10.7 Å². The number of nitrogen functional groups attached to an aromatic ring is 1. The third-order valence-corrected chi connectivity index (χ3v) is 1.45. The van der Waals surface area contributed by atoms with Crippen LogP contribution in [0.15, 0.2) is 17.4 Å².